The van der Waals surface area contributed by atoms with Crippen LogP contribution in [0.2, 0.25) is 5.02 Å². The molecule has 3 rings (SSSR count). The molecule has 0 N–H and O–H groups in total. The fourth-order valence-electron chi connectivity index (χ4n) is 3.28. The normalized spacial score (nSPS) is 14.3. The largest absolute Gasteiger partial charge is 0.484 e. The van der Waals surface area contributed by atoms with E-state index in [0.29, 0.717) is 10.8 Å². The molecule has 0 spiro atoms. The maximum atomic E-state index is 14.0. The lowest BCUT2D eigenvalue weighted by atomic mass is 10.1. The molecule has 162 valence electrons. The molecule has 1 amide bonds. The van der Waals surface area contributed by atoms with Gasteiger partial charge in [0.15, 0.2) is 29.9 Å². The first-order valence-corrected chi connectivity index (χ1v) is 9.43. The number of carbonyl (C=O) groups excluding carboxylic acids is 1. The molecule has 2 aromatic rings. The quantitative estimate of drug-likeness (QED) is 0.395. The van der Waals surface area contributed by atoms with E-state index in [9.17, 15) is 26.7 Å². The van der Waals surface area contributed by atoms with E-state index in [2.05, 4.69) is 0 Å². The number of rotatable bonds is 4. The van der Waals surface area contributed by atoms with Gasteiger partial charge in [0.05, 0.1) is 0 Å². The van der Waals surface area contributed by atoms with Crippen LogP contribution < -0.4 is 9.64 Å². The summed E-state index contributed by atoms with van der Waals surface area (Å²) in [5.41, 5.74) is 0.618. The van der Waals surface area contributed by atoms with Crippen molar-refractivity contribution in [3.63, 3.8) is 0 Å². The third-order valence-electron chi connectivity index (χ3n) is 4.91. The predicted molar refractivity (Wildman–Crippen MR) is 101 cm³/mol. The fourth-order valence-corrected chi connectivity index (χ4v) is 3.39. The molecular weight excluding hydrogens is 431 g/mol. The SMILES string of the molecule is Cc1cc(OCC(=O)N2CCN(c3c(F)c(F)c(F)c(F)c3F)CC2)cc(C)c1Cl. The van der Waals surface area contributed by atoms with E-state index in [4.69, 9.17) is 16.3 Å². The van der Waals surface area contributed by atoms with Crippen molar-refractivity contribution in [2.24, 2.45) is 0 Å². The molecule has 4 nitrogen and oxygen atoms in total. The van der Waals surface area contributed by atoms with Gasteiger partial charge >= 0.3 is 0 Å². The molecule has 0 saturated carbocycles. The Hall–Kier alpha value is -2.55. The summed E-state index contributed by atoms with van der Waals surface area (Å²) in [6.45, 7) is 3.25. The molecule has 2 aromatic carbocycles. The minimum Gasteiger partial charge on any atom is -0.484 e. The number of aryl methyl sites for hydroxylation is 2. The highest BCUT2D eigenvalue weighted by Crippen LogP contribution is 2.31. The maximum Gasteiger partial charge on any atom is 0.260 e. The van der Waals surface area contributed by atoms with Crippen molar-refractivity contribution in [3.8, 4) is 5.75 Å². The van der Waals surface area contributed by atoms with E-state index < -0.39 is 34.8 Å². The summed E-state index contributed by atoms with van der Waals surface area (Å²) in [6, 6.07) is 3.40. The summed E-state index contributed by atoms with van der Waals surface area (Å²) in [5, 5.41) is 0.609. The third kappa shape index (κ3) is 4.16. The van der Waals surface area contributed by atoms with E-state index in [0.717, 1.165) is 16.0 Å². The van der Waals surface area contributed by atoms with Crippen LogP contribution in [0.4, 0.5) is 27.6 Å². The van der Waals surface area contributed by atoms with Crippen LogP contribution in [0, 0.1) is 42.9 Å². The summed E-state index contributed by atoms with van der Waals surface area (Å²) in [7, 11) is 0. The van der Waals surface area contributed by atoms with E-state index in [1.807, 2.05) is 13.8 Å². The van der Waals surface area contributed by atoms with E-state index in [-0.39, 0.29) is 38.7 Å². The predicted octanol–water partition coefficient (Wildman–Crippen LogP) is 4.38. The number of carbonyl (C=O) groups is 1. The second-order valence-electron chi connectivity index (χ2n) is 6.95. The highest BCUT2D eigenvalue weighted by molar-refractivity contribution is 6.32. The second kappa shape index (κ2) is 8.67. The summed E-state index contributed by atoms with van der Waals surface area (Å²) < 4.78 is 73.5. The van der Waals surface area contributed by atoms with Crippen molar-refractivity contribution < 1.29 is 31.5 Å². The average Bonchev–Trinajstić information content (AvgIpc) is 2.73. The third-order valence-corrected chi connectivity index (χ3v) is 5.50. The van der Waals surface area contributed by atoms with Gasteiger partial charge in [-0.1, -0.05) is 11.6 Å². The minimum atomic E-state index is -2.20. The van der Waals surface area contributed by atoms with Gasteiger partial charge in [-0.3, -0.25) is 4.79 Å². The number of hydrogen-bond acceptors (Lipinski definition) is 3. The molecule has 0 aliphatic carbocycles. The summed E-state index contributed by atoms with van der Waals surface area (Å²) in [4.78, 5) is 14.8. The van der Waals surface area contributed by atoms with Gasteiger partial charge in [-0.25, -0.2) is 22.0 Å². The van der Waals surface area contributed by atoms with Gasteiger partial charge in [-0.05, 0) is 37.1 Å². The summed E-state index contributed by atoms with van der Waals surface area (Å²) in [5.74, 6) is -9.85. The Labute approximate surface area is 174 Å². The van der Waals surface area contributed by atoms with Gasteiger partial charge in [0.2, 0.25) is 5.82 Å². The Balaban J connectivity index is 1.63. The molecule has 0 unspecified atom stereocenters. The number of nitrogens with zero attached hydrogens (tertiary/aromatic N) is 2. The van der Waals surface area contributed by atoms with Crippen molar-refractivity contribution in [3.05, 3.63) is 57.4 Å². The average molecular weight is 449 g/mol. The highest BCUT2D eigenvalue weighted by atomic mass is 35.5. The zero-order valence-corrected chi connectivity index (χ0v) is 16.9. The fraction of sp³-hybridized carbons (Fsp3) is 0.350. The Morgan fingerprint density at radius 3 is 1.87 bits per heavy atom. The van der Waals surface area contributed by atoms with Gasteiger partial charge < -0.3 is 14.5 Å². The molecule has 0 bridgehead atoms. The van der Waals surface area contributed by atoms with Crippen molar-refractivity contribution in [2.75, 3.05) is 37.7 Å². The minimum absolute atomic E-state index is 0.0420. The van der Waals surface area contributed by atoms with Gasteiger partial charge in [-0.15, -0.1) is 0 Å². The lowest BCUT2D eigenvalue weighted by Crippen LogP contribution is -2.50. The molecular formula is C20H18ClF5N2O2. The molecule has 10 heteroatoms. The first-order chi connectivity index (χ1) is 14.1. The van der Waals surface area contributed by atoms with Crippen LogP contribution in [0.3, 0.4) is 0 Å². The number of piperazine rings is 1. The molecule has 1 aliphatic heterocycles. The number of halogens is 6. The number of ether oxygens (including phenoxy) is 1. The number of hydrogen-bond donors (Lipinski definition) is 0. The summed E-state index contributed by atoms with van der Waals surface area (Å²) in [6.07, 6.45) is 0. The first kappa shape index (κ1) is 22.1. The summed E-state index contributed by atoms with van der Waals surface area (Å²) >= 11 is 6.09. The van der Waals surface area contributed by atoms with Crippen LogP contribution in [0.5, 0.6) is 5.75 Å². The number of benzene rings is 2. The lowest BCUT2D eigenvalue weighted by molar-refractivity contribution is -0.133. The van der Waals surface area contributed by atoms with E-state index in [1.165, 1.54) is 4.90 Å². The second-order valence-corrected chi connectivity index (χ2v) is 7.32. The molecule has 0 radical (unpaired) electrons. The Morgan fingerprint density at radius 2 is 1.37 bits per heavy atom. The molecule has 0 atom stereocenters. The first-order valence-electron chi connectivity index (χ1n) is 9.05. The number of anilines is 1. The zero-order valence-electron chi connectivity index (χ0n) is 16.2. The van der Waals surface area contributed by atoms with E-state index >= 15 is 0 Å². The van der Waals surface area contributed by atoms with Gasteiger partial charge in [0.1, 0.15) is 11.4 Å². The van der Waals surface area contributed by atoms with Gasteiger partial charge in [-0.2, -0.15) is 0 Å². The Bertz CT molecular complexity index is 942. The Kier molecular flexibility index (Phi) is 6.40. The standard InChI is InChI=1S/C20H18ClF5N2O2/c1-10-7-12(8-11(2)14(10)21)30-9-13(29)27-3-5-28(6-4-27)20-18(25)16(23)15(22)17(24)19(20)26/h7-8H,3-6,9H2,1-2H3. The van der Waals surface area contributed by atoms with Crippen LogP contribution in [0.1, 0.15) is 11.1 Å². The monoisotopic (exact) mass is 448 g/mol. The van der Waals surface area contributed by atoms with Crippen LogP contribution in [-0.4, -0.2) is 43.6 Å². The van der Waals surface area contributed by atoms with Gasteiger partial charge in [0.25, 0.3) is 5.91 Å². The molecule has 0 aromatic heterocycles. The highest BCUT2D eigenvalue weighted by Gasteiger charge is 2.31. The maximum absolute atomic E-state index is 14.0. The van der Waals surface area contributed by atoms with Crippen LogP contribution in [0.25, 0.3) is 0 Å². The van der Waals surface area contributed by atoms with Crippen LogP contribution in [0.15, 0.2) is 12.1 Å². The molecule has 1 fully saturated rings. The molecule has 1 heterocycles. The van der Waals surface area contributed by atoms with Crippen molar-refractivity contribution >= 4 is 23.2 Å². The lowest BCUT2D eigenvalue weighted by Gasteiger charge is -2.36. The zero-order chi connectivity index (χ0) is 22.2. The topological polar surface area (TPSA) is 32.8 Å². The van der Waals surface area contributed by atoms with Crippen molar-refractivity contribution in [1.29, 1.82) is 0 Å². The molecule has 1 aliphatic rings. The van der Waals surface area contributed by atoms with Crippen LogP contribution >= 0.6 is 11.6 Å². The number of amides is 1. The van der Waals surface area contributed by atoms with E-state index in [1.54, 1.807) is 12.1 Å². The smallest absolute Gasteiger partial charge is 0.260 e. The Morgan fingerprint density at radius 1 is 0.900 bits per heavy atom. The van der Waals surface area contributed by atoms with Crippen molar-refractivity contribution in [2.45, 2.75) is 13.8 Å². The molecule has 30 heavy (non-hydrogen) atoms. The van der Waals surface area contributed by atoms with Crippen molar-refractivity contribution in [1.82, 2.24) is 4.90 Å². The van der Waals surface area contributed by atoms with Gasteiger partial charge in [0, 0.05) is 31.2 Å². The molecule has 1 saturated heterocycles. The van der Waals surface area contributed by atoms with Crippen LogP contribution in [-0.2, 0) is 4.79 Å².